The number of unbranched alkanes of at least 4 members (excludes halogenated alkanes) is 3. The molecule has 0 unspecified atom stereocenters. The highest BCUT2D eigenvalue weighted by Crippen LogP contribution is 2.11. The molecular weight excluding hydrogens is 298 g/mol. The van der Waals surface area contributed by atoms with Crippen molar-refractivity contribution < 1.29 is 9.59 Å². The highest BCUT2D eigenvalue weighted by atomic mass is 32.1. The first-order chi connectivity index (χ1) is 10.5. The largest absolute Gasteiger partial charge is 0.333 e. The Labute approximate surface area is 137 Å². The number of amides is 2. The minimum Gasteiger partial charge on any atom is -0.333 e. The van der Waals surface area contributed by atoms with Crippen LogP contribution < -0.4 is 5.32 Å². The summed E-state index contributed by atoms with van der Waals surface area (Å²) in [6, 6.07) is 0. The molecule has 6 heteroatoms. The lowest BCUT2D eigenvalue weighted by Crippen LogP contribution is -2.39. The zero-order chi connectivity index (χ0) is 16.4. The van der Waals surface area contributed by atoms with Crippen LogP contribution in [0.5, 0.6) is 0 Å². The van der Waals surface area contributed by atoms with E-state index in [4.69, 9.17) is 0 Å². The summed E-state index contributed by atoms with van der Waals surface area (Å²) in [5.41, 5.74) is 0. The molecule has 1 heterocycles. The molecule has 124 valence electrons. The molecule has 0 aliphatic rings. The molecular formula is C16H27N3O2S. The highest BCUT2D eigenvalue weighted by molar-refractivity contribution is 7.13. The van der Waals surface area contributed by atoms with Crippen molar-refractivity contribution in [3.05, 3.63) is 11.6 Å². The van der Waals surface area contributed by atoms with Gasteiger partial charge in [-0.1, -0.05) is 40.0 Å². The van der Waals surface area contributed by atoms with Gasteiger partial charge in [0.05, 0.1) is 6.54 Å². The Bertz CT molecular complexity index is 446. The summed E-state index contributed by atoms with van der Waals surface area (Å²) in [6.45, 7) is 6.95. The molecule has 2 amide bonds. The summed E-state index contributed by atoms with van der Waals surface area (Å²) < 4.78 is 0. The minimum atomic E-state index is -0.178. The van der Waals surface area contributed by atoms with E-state index in [9.17, 15) is 9.59 Å². The normalized spacial score (nSPS) is 10.7. The van der Waals surface area contributed by atoms with Crippen molar-refractivity contribution in [3.63, 3.8) is 0 Å². The van der Waals surface area contributed by atoms with E-state index in [1.54, 1.807) is 11.1 Å². The first-order valence-corrected chi connectivity index (χ1v) is 8.88. The molecule has 0 saturated heterocycles. The van der Waals surface area contributed by atoms with E-state index in [1.807, 2.05) is 19.2 Å². The first kappa shape index (κ1) is 18.6. The topological polar surface area (TPSA) is 62.3 Å². The molecule has 1 N–H and O–H groups in total. The van der Waals surface area contributed by atoms with Crippen LogP contribution in [0.4, 0.5) is 5.13 Å². The zero-order valence-electron chi connectivity index (χ0n) is 13.8. The summed E-state index contributed by atoms with van der Waals surface area (Å²) in [6.07, 6.45) is 6.49. The van der Waals surface area contributed by atoms with E-state index in [1.165, 1.54) is 11.3 Å². The van der Waals surface area contributed by atoms with Gasteiger partial charge in [-0.15, -0.1) is 11.3 Å². The predicted molar refractivity (Wildman–Crippen MR) is 90.9 cm³/mol. The summed E-state index contributed by atoms with van der Waals surface area (Å²) in [4.78, 5) is 30.1. The maximum Gasteiger partial charge on any atom is 0.245 e. The van der Waals surface area contributed by atoms with Crippen LogP contribution in [0, 0.1) is 5.92 Å². The Morgan fingerprint density at radius 2 is 2.09 bits per heavy atom. The lowest BCUT2D eigenvalue weighted by atomic mass is 10.1. The van der Waals surface area contributed by atoms with Crippen LogP contribution in [0.2, 0.25) is 0 Å². The Balaban J connectivity index is 2.51. The van der Waals surface area contributed by atoms with Gasteiger partial charge < -0.3 is 10.2 Å². The summed E-state index contributed by atoms with van der Waals surface area (Å²) in [5, 5.41) is 5.12. The van der Waals surface area contributed by atoms with Gasteiger partial charge in [0, 0.05) is 24.5 Å². The number of thiazole rings is 1. The van der Waals surface area contributed by atoms with Gasteiger partial charge in [0.15, 0.2) is 5.13 Å². The first-order valence-electron chi connectivity index (χ1n) is 8.00. The highest BCUT2D eigenvalue weighted by Gasteiger charge is 2.18. The Hall–Kier alpha value is -1.43. The molecule has 0 fully saturated rings. The van der Waals surface area contributed by atoms with Crippen molar-refractivity contribution in [1.29, 1.82) is 0 Å². The molecule has 0 bridgehead atoms. The number of aromatic nitrogens is 1. The standard InChI is InChI=1S/C16H27N3O2S/c1-4-5-6-7-9-19(15(21)11-13(2)3)12-14(20)18-16-17-8-10-22-16/h8,10,13H,4-7,9,11-12H2,1-3H3,(H,17,18,20). The average Bonchev–Trinajstić information content (AvgIpc) is 2.94. The Morgan fingerprint density at radius 1 is 1.32 bits per heavy atom. The van der Waals surface area contributed by atoms with Crippen molar-refractivity contribution >= 4 is 28.3 Å². The third-order valence-electron chi connectivity index (χ3n) is 3.23. The predicted octanol–water partition coefficient (Wildman–Crippen LogP) is 3.54. The van der Waals surface area contributed by atoms with Gasteiger partial charge in [0.2, 0.25) is 11.8 Å². The fourth-order valence-electron chi connectivity index (χ4n) is 2.12. The monoisotopic (exact) mass is 325 g/mol. The summed E-state index contributed by atoms with van der Waals surface area (Å²) >= 11 is 1.38. The molecule has 1 rings (SSSR count). The molecule has 0 aliphatic carbocycles. The van der Waals surface area contributed by atoms with E-state index in [2.05, 4.69) is 17.2 Å². The van der Waals surface area contributed by atoms with Crippen LogP contribution in [0.1, 0.15) is 52.9 Å². The quantitative estimate of drug-likeness (QED) is 0.669. The van der Waals surface area contributed by atoms with Crippen LogP contribution in [-0.4, -0.2) is 34.8 Å². The lowest BCUT2D eigenvalue weighted by molar-refractivity contribution is -0.135. The van der Waals surface area contributed by atoms with Gasteiger partial charge in [0.25, 0.3) is 0 Å². The molecule has 0 spiro atoms. The van der Waals surface area contributed by atoms with Gasteiger partial charge in [-0.25, -0.2) is 4.98 Å². The maximum atomic E-state index is 12.3. The third kappa shape index (κ3) is 7.54. The summed E-state index contributed by atoms with van der Waals surface area (Å²) in [7, 11) is 0. The second kappa shape index (κ2) is 10.3. The number of hydrogen-bond acceptors (Lipinski definition) is 4. The second-order valence-electron chi connectivity index (χ2n) is 5.86. The Kier molecular flexibility index (Phi) is 8.74. The van der Waals surface area contributed by atoms with Crippen LogP contribution in [-0.2, 0) is 9.59 Å². The van der Waals surface area contributed by atoms with Gasteiger partial charge in [-0.2, -0.15) is 0 Å². The van der Waals surface area contributed by atoms with Gasteiger partial charge >= 0.3 is 0 Å². The Morgan fingerprint density at radius 3 is 2.68 bits per heavy atom. The number of carbonyl (C=O) groups excluding carboxylic acids is 2. The molecule has 0 aromatic carbocycles. The zero-order valence-corrected chi connectivity index (χ0v) is 14.6. The average molecular weight is 325 g/mol. The molecule has 0 atom stereocenters. The number of anilines is 1. The lowest BCUT2D eigenvalue weighted by Gasteiger charge is -2.23. The van der Waals surface area contributed by atoms with Crippen molar-refractivity contribution in [2.45, 2.75) is 52.9 Å². The smallest absolute Gasteiger partial charge is 0.245 e. The van der Waals surface area contributed by atoms with Crippen LogP contribution in [0.3, 0.4) is 0 Å². The third-order valence-corrected chi connectivity index (χ3v) is 3.92. The van der Waals surface area contributed by atoms with Crippen molar-refractivity contribution in [2.24, 2.45) is 5.92 Å². The van der Waals surface area contributed by atoms with E-state index >= 15 is 0 Å². The van der Waals surface area contributed by atoms with Gasteiger partial charge in [0.1, 0.15) is 0 Å². The van der Waals surface area contributed by atoms with E-state index < -0.39 is 0 Å². The van der Waals surface area contributed by atoms with Crippen molar-refractivity contribution in [1.82, 2.24) is 9.88 Å². The van der Waals surface area contributed by atoms with Gasteiger partial charge in [-0.3, -0.25) is 9.59 Å². The minimum absolute atomic E-state index is 0.0563. The number of rotatable bonds is 10. The van der Waals surface area contributed by atoms with Crippen LogP contribution in [0.15, 0.2) is 11.6 Å². The molecule has 0 saturated carbocycles. The molecule has 1 aromatic rings. The van der Waals surface area contributed by atoms with E-state index in [0.29, 0.717) is 24.0 Å². The fraction of sp³-hybridized carbons (Fsp3) is 0.688. The second-order valence-corrected chi connectivity index (χ2v) is 6.75. The molecule has 1 aromatic heterocycles. The fourth-order valence-corrected chi connectivity index (χ4v) is 2.66. The number of nitrogens with one attached hydrogen (secondary N) is 1. The van der Waals surface area contributed by atoms with Crippen molar-refractivity contribution in [2.75, 3.05) is 18.4 Å². The van der Waals surface area contributed by atoms with Crippen LogP contribution in [0.25, 0.3) is 0 Å². The molecule has 22 heavy (non-hydrogen) atoms. The maximum absolute atomic E-state index is 12.3. The SMILES string of the molecule is CCCCCCN(CC(=O)Nc1nccs1)C(=O)CC(C)C. The van der Waals surface area contributed by atoms with Gasteiger partial charge in [-0.05, 0) is 12.3 Å². The molecule has 0 aliphatic heterocycles. The van der Waals surface area contributed by atoms with Crippen molar-refractivity contribution in [3.8, 4) is 0 Å². The van der Waals surface area contributed by atoms with E-state index in [0.717, 1.165) is 25.7 Å². The van der Waals surface area contributed by atoms with Crippen LogP contribution >= 0.6 is 11.3 Å². The summed E-state index contributed by atoms with van der Waals surface area (Å²) in [5.74, 6) is 0.177. The molecule has 0 radical (unpaired) electrons. The number of nitrogens with zero attached hydrogens (tertiary/aromatic N) is 2. The number of carbonyl (C=O) groups is 2. The van der Waals surface area contributed by atoms with E-state index in [-0.39, 0.29) is 18.4 Å². The number of hydrogen-bond donors (Lipinski definition) is 1. The molecule has 5 nitrogen and oxygen atoms in total.